The van der Waals surface area contributed by atoms with Crippen LogP contribution in [0.4, 0.5) is 11.4 Å². The molecule has 0 bridgehead atoms. The summed E-state index contributed by atoms with van der Waals surface area (Å²) in [5, 5.41) is 3.12. The molecule has 1 fully saturated rings. The molecule has 0 unspecified atom stereocenters. The van der Waals surface area contributed by atoms with Gasteiger partial charge in [-0.3, -0.25) is 14.7 Å². The third-order valence-corrected chi connectivity index (χ3v) is 6.36. The van der Waals surface area contributed by atoms with Crippen LogP contribution in [0, 0.1) is 5.92 Å². The number of carbonyl (C=O) groups is 1. The number of hydrogen-bond donors (Lipinski definition) is 1. The van der Waals surface area contributed by atoms with Gasteiger partial charge in [-0.1, -0.05) is 25.1 Å². The van der Waals surface area contributed by atoms with Gasteiger partial charge in [0.2, 0.25) is 5.91 Å². The molecule has 2 aliphatic heterocycles. The molecule has 1 N–H and O–H groups in total. The molecule has 2 aromatic rings. The molecule has 174 valence electrons. The highest BCUT2D eigenvalue weighted by atomic mass is 16.5. The van der Waals surface area contributed by atoms with Crippen molar-refractivity contribution in [3.8, 4) is 11.5 Å². The van der Waals surface area contributed by atoms with E-state index in [1.54, 1.807) is 14.2 Å². The van der Waals surface area contributed by atoms with Crippen LogP contribution in [0.25, 0.3) is 0 Å². The molecule has 2 aromatic carbocycles. The number of rotatable bonds is 5. The van der Waals surface area contributed by atoms with Crippen molar-refractivity contribution in [2.45, 2.75) is 32.6 Å². The molecule has 0 aliphatic carbocycles. The zero-order valence-electron chi connectivity index (χ0n) is 19.8. The Morgan fingerprint density at radius 2 is 1.70 bits per heavy atom. The highest BCUT2D eigenvalue weighted by Crippen LogP contribution is 2.36. The van der Waals surface area contributed by atoms with E-state index < -0.39 is 0 Å². The number of amidine groups is 1. The maximum Gasteiger partial charge on any atom is 0.239 e. The van der Waals surface area contributed by atoms with E-state index in [2.05, 4.69) is 17.1 Å². The van der Waals surface area contributed by atoms with Crippen LogP contribution in [0.15, 0.2) is 52.4 Å². The van der Waals surface area contributed by atoms with Gasteiger partial charge in [0.05, 0.1) is 38.1 Å². The van der Waals surface area contributed by atoms with Gasteiger partial charge < -0.3 is 14.8 Å². The van der Waals surface area contributed by atoms with Gasteiger partial charge in [0, 0.05) is 5.71 Å². The van der Waals surface area contributed by atoms with Crippen LogP contribution in [-0.2, 0) is 4.79 Å². The van der Waals surface area contributed by atoms with Crippen molar-refractivity contribution in [1.82, 2.24) is 10.2 Å². The van der Waals surface area contributed by atoms with Crippen LogP contribution in [-0.4, -0.2) is 56.2 Å². The molecule has 2 aliphatic rings. The van der Waals surface area contributed by atoms with Crippen molar-refractivity contribution in [3.63, 3.8) is 0 Å². The van der Waals surface area contributed by atoms with Crippen LogP contribution >= 0.6 is 0 Å². The van der Waals surface area contributed by atoms with Gasteiger partial charge in [-0.2, -0.15) is 0 Å². The first-order valence-electron chi connectivity index (χ1n) is 11.5. The number of likely N-dealkylation sites (tertiary alicyclic amines) is 1. The van der Waals surface area contributed by atoms with E-state index in [1.165, 1.54) is 0 Å². The van der Waals surface area contributed by atoms with Crippen molar-refractivity contribution in [1.29, 1.82) is 0 Å². The molecule has 1 amide bonds. The van der Waals surface area contributed by atoms with Crippen molar-refractivity contribution in [2.75, 3.05) is 33.9 Å². The Morgan fingerprint density at radius 3 is 2.36 bits per heavy atom. The lowest BCUT2D eigenvalue weighted by Crippen LogP contribution is -2.45. The standard InChI is InChI=1S/C26H32N4O3/c1-17-11-13-30(14-12-17)16-24(31)29-26-25(19-9-10-22(32-3)23(15-19)33-4)18(2)27-20-7-5-6-8-21(20)28-26/h5-10,15,17,25H,11-14,16H2,1-4H3,(H,28,29,31)/t25-/m0/s1. The summed E-state index contributed by atoms with van der Waals surface area (Å²) in [6.07, 6.45) is 2.25. The van der Waals surface area contributed by atoms with Crippen molar-refractivity contribution in [2.24, 2.45) is 15.9 Å². The van der Waals surface area contributed by atoms with Gasteiger partial charge in [0.25, 0.3) is 0 Å². The minimum Gasteiger partial charge on any atom is -0.493 e. The van der Waals surface area contributed by atoms with Crippen LogP contribution in [0.1, 0.15) is 38.2 Å². The number of fused-ring (bicyclic) bond motifs is 1. The highest BCUT2D eigenvalue weighted by molar-refractivity contribution is 6.17. The summed E-state index contributed by atoms with van der Waals surface area (Å²) in [7, 11) is 3.22. The first-order chi connectivity index (χ1) is 16.0. The van der Waals surface area contributed by atoms with Gasteiger partial charge >= 0.3 is 0 Å². The van der Waals surface area contributed by atoms with Crippen molar-refractivity contribution < 1.29 is 14.3 Å². The maximum absolute atomic E-state index is 13.1. The predicted molar refractivity (Wildman–Crippen MR) is 132 cm³/mol. The predicted octanol–water partition coefficient (Wildman–Crippen LogP) is 4.47. The van der Waals surface area contributed by atoms with Crippen molar-refractivity contribution in [3.05, 3.63) is 48.0 Å². The molecule has 0 aromatic heterocycles. The Bertz CT molecular complexity index is 1070. The van der Waals surface area contributed by atoms with E-state index in [9.17, 15) is 4.79 Å². The highest BCUT2D eigenvalue weighted by Gasteiger charge is 2.28. The molecule has 1 atom stereocenters. The molecular formula is C26H32N4O3. The van der Waals surface area contributed by atoms with E-state index in [-0.39, 0.29) is 11.8 Å². The quantitative estimate of drug-likeness (QED) is 0.732. The average molecular weight is 449 g/mol. The number of ether oxygens (including phenoxy) is 2. The fraction of sp³-hybridized carbons (Fsp3) is 0.423. The van der Waals surface area contributed by atoms with E-state index in [0.29, 0.717) is 23.9 Å². The van der Waals surface area contributed by atoms with Gasteiger partial charge in [-0.25, -0.2) is 4.99 Å². The SMILES string of the molecule is COc1ccc([C@@H]2C(C)=Nc3ccccc3N=C2NC(=O)CN2CCC(C)CC2)cc1OC. The number of benzene rings is 2. The van der Waals surface area contributed by atoms with Gasteiger partial charge in [0.15, 0.2) is 11.5 Å². The summed E-state index contributed by atoms with van der Waals surface area (Å²) in [5.41, 5.74) is 3.29. The molecule has 0 spiro atoms. The molecular weight excluding hydrogens is 416 g/mol. The molecule has 33 heavy (non-hydrogen) atoms. The van der Waals surface area contributed by atoms with E-state index >= 15 is 0 Å². The Kier molecular flexibility index (Phi) is 7.08. The second-order valence-electron chi connectivity index (χ2n) is 8.79. The molecule has 0 saturated carbocycles. The first-order valence-corrected chi connectivity index (χ1v) is 11.5. The molecule has 7 nitrogen and oxygen atoms in total. The summed E-state index contributed by atoms with van der Waals surface area (Å²) < 4.78 is 10.9. The third kappa shape index (κ3) is 5.25. The maximum atomic E-state index is 13.1. The fourth-order valence-electron chi connectivity index (χ4n) is 4.44. The average Bonchev–Trinajstić information content (AvgIpc) is 2.95. The van der Waals surface area contributed by atoms with Crippen LogP contribution in [0.5, 0.6) is 11.5 Å². The smallest absolute Gasteiger partial charge is 0.239 e. The van der Waals surface area contributed by atoms with Gasteiger partial charge in [-0.05, 0) is 68.6 Å². The monoisotopic (exact) mass is 448 g/mol. The number of carbonyl (C=O) groups excluding carboxylic acids is 1. The van der Waals surface area contributed by atoms with Gasteiger partial charge in [-0.15, -0.1) is 0 Å². The largest absolute Gasteiger partial charge is 0.493 e. The summed E-state index contributed by atoms with van der Waals surface area (Å²) in [6.45, 7) is 6.50. The second kappa shape index (κ2) is 10.2. The van der Waals surface area contributed by atoms with Crippen molar-refractivity contribution >= 4 is 28.8 Å². The number of para-hydroxylation sites is 2. The fourth-order valence-corrected chi connectivity index (χ4v) is 4.44. The van der Waals surface area contributed by atoms with E-state index in [0.717, 1.165) is 54.5 Å². The minimum absolute atomic E-state index is 0.0547. The minimum atomic E-state index is -0.317. The second-order valence-corrected chi connectivity index (χ2v) is 8.79. The number of piperidine rings is 1. The molecule has 2 heterocycles. The van der Waals surface area contributed by atoms with Crippen LogP contribution in [0.3, 0.4) is 0 Å². The number of nitrogens with one attached hydrogen (secondary N) is 1. The first kappa shape index (κ1) is 23.0. The number of aliphatic imine (C=N–C) groups is 2. The number of nitrogens with zero attached hydrogens (tertiary/aromatic N) is 3. The Morgan fingerprint density at radius 1 is 1.03 bits per heavy atom. The Labute approximate surface area is 195 Å². The number of hydrogen-bond acceptors (Lipinski definition) is 6. The summed E-state index contributed by atoms with van der Waals surface area (Å²) in [5.74, 6) is 2.19. The van der Waals surface area contributed by atoms with E-state index in [4.69, 9.17) is 19.5 Å². The normalized spacial score (nSPS) is 19.1. The van der Waals surface area contributed by atoms with Crippen LogP contribution in [0.2, 0.25) is 0 Å². The summed E-state index contributed by atoms with van der Waals surface area (Å²) in [6, 6.07) is 13.5. The lowest BCUT2D eigenvalue weighted by molar-refractivity contribution is -0.121. The lowest BCUT2D eigenvalue weighted by atomic mass is 9.92. The zero-order valence-corrected chi connectivity index (χ0v) is 19.8. The van der Waals surface area contributed by atoms with Crippen LogP contribution < -0.4 is 14.8 Å². The molecule has 1 saturated heterocycles. The number of amides is 1. The number of methoxy groups -OCH3 is 2. The summed E-state index contributed by atoms with van der Waals surface area (Å²) in [4.78, 5) is 25.0. The summed E-state index contributed by atoms with van der Waals surface area (Å²) >= 11 is 0. The molecule has 7 heteroatoms. The Hall–Kier alpha value is -3.19. The van der Waals surface area contributed by atoms with Gasteiger partial charge in [0.1, 0.15) is 5.84 Å². The Balaban J connectivity index is 1.67. The van der Waals surface area contributed by atoms with E-state index in [1.807, 2.05) is 49.4 Å². The third-order valence-electron chi connectivity index (χ3n) is 6.36. The zero-order chi connectivity index (χ0) is 23.4. The molecule has 4 rings (SSSR count). The lowest BCUT2D eigenvalue weighted by Gasteiger charge is -2.30. The topological polar surface area (TPSA) is 75.5 Å². The molecule has 0 radical (unpaired) electrons.